The molecule has 0 aromatic carbocycles. The number of aromatic nitrogens is 3. The van der Waals surface area contributed by atoms with Gasteiger partial charge in [0.05, 0.1) is 18.4 Å². The number of hydrogen-bond donors (Lipinski definition) is 0. The lowest BCUT2D eigenvalue weighted by molar-refractivity contribution is 0.179. The van der Waals surface area contributed by atoms with Crippen molar-refractivity contribution >= 4 is 5.82 Å². The van der Waals surface area contributed by atoms with E-state index in [-0.39, 0.29) is 0 Å². The summed E-state index contributed by atoms with van der Waals surface area (Å²) in [7, 11) is 2.13. The summed E-state index contributed by atoms with van der Waals surface area (Å²) in [6.07, 6.45) is 5.30. The molecule has 0 amide bonds. The summed E-state index contributed by atoms with van der Waals surface area (Å²) in [6, 6.07) is 2.74. The first-order valence-electron chi connectivity index (χ1n) is 8.85. The summed E-state index contributed by atoms with van der Waals surface area (Å²) in [5.74, 6) is 3.17. The molecule has 1 fully saturated rings. The van der Waals surface area contributed by atoms with Crippen LogP contribution in [-0.4, -0.2) is 46.3 Å². The molecule has 0 atom stereocenters. The Kier molecular flexibility index (Phi) is 4.00. The standard InChI is InChI=1S/C18H25N5O/c1-12(2)16-8-19-18(24-16)11-22(3)14-9-23(10-14)17-7-13-5-4-6-15(13)20-21-17/h7-8,12,14H,4-6,9-11H2,1-3H3. The number of hydrogen-bond acceptors (Lipinski definition) is 6. The zero-order chi connectivity index (χ0) is 16.7. The third-order valence-electron chi connectivity index (χ3n) is 5.14. The smallest absolute Gasteiger partial charge is 0.208 e. The van der Waals surface area contributed by atoms with Crippen molar-refractivity contribution in [3.8, 4) is 0 Å². The quantitative estimate of drug-likeness (QED) is 0.840. The zero-order valence-electron chi connectivity index (χ0n) is 14.7. The Morgan fingerprint density at radius 2 is 2.12 bits per heavy atom. The van der Waals surface area contributed by atoms with Gasteiger partial charge in [0.15, 0.2) is 5.82 Å². The maximum Gasteiger partial charge on any atom is 0.208 e. The molecule has 6 nitrogen and oxygen atoms in total. The predicted molar refractivity (Wildman–Crippen MR) is 92.1 cm³/mol. The second-order valence-corrected chi connectivity index (χ2v) is 7.31. The molecule has 4 rings (SSSR count). The average Bonchev–Trinajstić information content (AvgIpc) is 3.13. The van der Waals surface area contributed by atoms with Gasteiger partial charge in [-0.3, -0.25) is 4.90 Å². The van der Waals surface area contributed by atoms with Crippen molar-refractivity contribution in [3.05, 3.63) is 35.2 Å². The molecule has 0 saturated carbocycles. The average molecular weight is 327 g/mol. The van der Waals surface area contributed by atoms with Gasteiger partial charge in [-0.2, -0.15) is 5.10 Å². The molecule has 2 aromatic heterocycles. The van der Waals surface area contributed by atoms with E-state index in [4.69, 9.17) is 4.42 Å². The molecule has 6 heteroatoms. The number of fused-ring (bicyclic) bond motifs is 1. The Labute approximate surface area is 142 Å². The number of oxazole rings is 1. The lowest BCUT2D eigenvalue weighted by Crippen LogP contribution is -2.58. The van der Waals surface area contributed by atoms with Crippen LogP contribution in [-0.2, 0) is 19.4 Å². The van der Waals surface area contributed by atoms with E-state index < -0.39 is 0 Å². The molecule has 0 radical (unpaired) electrons. The van der Waals surface area contributed by atoms with Gasteiger partial charge in [0.2, 0.25) is 5.89 Å². The fraction of sp³-hybridized carbons (Fsp3) is 0.611. The normalized spacial score (nSPS) is 17.6. The third kappa shape index (κ3) is 2.90. The highest BCUT2D eigenvalue weighted by Gasteiger charge is 2.32. The minimum atomic E-state index is 0.383. The van der Waals surface area contributed by atoms with E-state index in [0.29, 0.717) is 12.0 Å². The van der Waals surface area contributed by atoms with Crippen molar-refractivity contribution in [1.82, 2.24) is 20.1 Å². The highest BCUT2D eigenvalue weighted by atomic mass is 16.4. The molecule has 0 N–H and O–H groups in total. The van der Waals surface area contributed by atoms with E-state index in [0.717, 1.165) is 49.9 Å². The second kappa shape index (κ2) is 6.16. The van der Waals surface area contributed by atoms with E-state index in [1.807, 2.05) is 6.20 Å². The zero-order valence-corrected chi connectivity index (χ0v) is 14.7. The van der Waals surface area contributed by atoms with Crippen molar-refractivity contribution in [2.45, 2.75) is 51.6 Å². The van der Waals surface area contributed by atoms with Gasteiger partial charge >= 0.3 is 0 Å². The SMILES string of the molecule is CC(C)c1cnc(CN(C)C2CN(c3cc4c(nn3)CCC4)C2)o1. The van der Waals surface area contributed by atoms with Gasteiger partial charge in [0.1, 0.15) is 5.76 Å². The topological polar surface area (TPSA) is 58.3 Å². The molecular formula is C18H25N5O. The highest BCUT2D eigenvalue weighted by Crippen LogP contribution is 2.27. The van der Waals surface area contributed by atoms with Crippen molar-refractivity contribution in [2.75, 3.05) is 25.0 Å². The van der Waals surface area contributed by atoms with E-state index in [1.54, 1.807) is 0 Å². The Balaban J connectivity index is 1.33. The van der Waals surface area contributed by atoms with Gasteiger partial charge in [-0.15, -0.1) is 5.10 Å². The molecule has 0 bridgehead atoms. The monoisotopic (exact) mass is 327 g/mol. The first-order chi connectivity index (χ1) is 11.6. The molecule has 0 unspecified atom stereocenters. The largest absolute Gasteiger partial charge is 0.444 e. The number of rotatable bonds is 5. The maximum absolute atomic E-state index is 5.81. The molecule has 2 aliphatic rings. The van der Waals surface area contributed by atoms with Crippen LogP contribution in [0.15, 0.2) is 16.7 Å². The van der Waals surface area contributed by atoms with E-state index in [2.05, 4.69) is 51.9 Å². The lowest BCUT2D eigenvalue weighted by atomic mass is 10.1. The van der Waals surface area contributed by atoms with E-state index >= 15 is 0 Å². The Morgan fingerprint density at radius 3 is 2.88 bits per heavy atom. The van der Waals surface area contributed by atoms with Gasteiger partial charge in [0, 0.05) is 25.0 Å². The number of nitrogens with zero attached hydrogens (tertiary/aromatic N) is 5. The van der Waals surface area contributed by atoms with Crippen LogP contribution in [0.2, 0.25) is 0 Å². The molecule has 0 spiro atoms. The maximum atomic E-state index is 5.81. The first kappa shape index (κ1) is 15.6. The minimum absolute atomic E-state index is 0.383. The second-order valence-electron chi connectivity index (χ2n) is 7.31. The van der Waals surface area contributed by atoms with Crippen LogP contribution in [0.3, 0.4) is 0 Å². The number of aryl methyl sites for hydroxylation is 2. The summed E-state index contributed by atoms with van der Waals surface area (Å²) < 4.78 is 5.81. The van der Waals surface area contributed by atoms with Gasteiger partial charge in [-0.25, -0.2) is 4.98 Å². The van der Waals surface area contributed by atoms with Crippen LogP contribution in [0.1, 0.15) is 49.1 Å². The molecule has 2 aromatic rings. The van der Waals surface area contributed by atoms with Crippen LogP contribution in [0.5, 0.6) is 0 Å². The minimum Gasteiger partial charge on any atom is -0.444 e. The highest BCUT2D eigenvalue weighted by molar-refractivity contribution is 5.45. The Bertz CT molecular complexity index is 720. The van der Waals surface area contributed by atoms with Crippen molar-refractivity contribution in [2.24, 2.45) is 0 Å². The predicted octanol–water partition coefficient (Wildman–Crippen LogP) is 2.40. The molecule has 3 heterocycles. The van der Waals surface area contributed by atoms with Crippen LogP contribution >= 0.6 is 0 Å². The van der Waals surface area contributed by atoms with Crippen molar-refractivity contribution < 1.29 is 4.42 Å². The van der Waals surface area contributed by atoms with E-state index in [9.17, 15) is 0 Å². The van der Waals surface area contributed by atoms with Gasteiger partial charge < -0.3 is 9.32 Å². The fourth-order valence-corrected chi connectivity index (χ4v) is 3.40. The summed E-state index contributed by atoms with van der Waals surface area (Å²) in [6.45, 7) is 6.97. The van der Waals surface area contributed by atoms with Crippen LogP contribution in [0.25, 0.3) is 0 Å². The fourth-order valence-electron chi connectivity index (χ4n) is 3.40. The van der Waals surface area contributed by atoms with Gasteiger partial charge in [-0.1, -0.05) is 13.8 Å². The molecule has 1 aliphatic heterocycles. The Hall–Kier alpha value is -1.95. The van der Waals surface area contributed by atoms with Crippen molar-refractivity contribution in [3.63, 3.8) is 0 Å². The van der Waals surface area contributed by atoms with Crippen LogP contribution in [0.4, 0.5) is 5.82 Å². The molecule has 1 saturated heterocycles. The summed E-state index contributed by atoms with van der Waals surface area (Å²) >= 11 is 0. The first-order valence-corrected chi connectivity index (χ1v) is 8.85. The molecule has 1 aliphatic carbocycles. The summed E-state index contributed by atoms with van der Waals surface area (Å²) in [5.41, 5.74) is 2.58. The molecule has 128 valence electrons. The van der Waals surface area contributed by atoms with Gasteiger partial charge in [0.25, 0.3) is 0 Å². The van der Waals surface area contributed by atoms with Crippen molar-refractivity contribution in [1.29, 1.82) is 0 Å². The molecular weight excluding hydrogens is 302 g/mol. The van der Waals surface area contributed by atoms with Crippen LogP contribution in [0, 0.1) is 0 Å². The lowest BCUT2D eigenvalue weighted by Gasteiger charge is -2.44. The molecule has 24 heavy (non-hydrogen) atoms. The summed E-state index contributed by atoms with van der Waals surface area (Å²) in [4.78, 5) is 9.01. The number of anilines is 1. The third-order valence-corrected chi connectivity index (χ3v) is 5.14. The summed E-state index contributed by atoms with van der Waals surface area (Å²) in [5, 5.41) is 8.79. The number of likely N-dealkylation sites (N-methyl/N-ethyl adjacent to an activating group) is 1. The van der Waals surface area contributed by atoms with Crippen LogP contribution < -0.4 is 4.90 Å². The van der Waals surface area contributed by atoms with Gasteiger partial charge in [-0.05, 0) is 37.9 Å². The van der Waals surface area contributed by atoms with E-state index in [1.165, 1.54) is 17.7 Å². The Morgan fingerprint density at radius 1 is 1.29 bits per heavy atom.